The standard InChI is InChI=1S/C3H7NO2S.Ca.ClH/c4-2(1-7)3(5)6;;/h2,7H,1,4H2,(H,5,6);;1H/t2-;;/m0../s1. The number of hydrogen-bond acceptors (Lipinski definition) is 3. The Kier molecular flexibility index (Phi) is 17.3. The molecule has 0 aromatic rings. The molecule has 0 fully saturated rings. The van der Waals surface area contributed by atoms with Gasteiger partial charge in [-0.15, -0.1) is 12.4 Å². The average molecular weight is 198 g/mol. The fourth-order valence-corrected chi connectivity index (χ4v) is 0.234. The quantitative estimate of drug-likeness (QED) is 0.408. The summed E-state index contributed by atoms with van der Waals surface area (Å²) < 4.78 is 0. The number of halogens is 1. The van der Waals surface area contributed by atoms with Gasteiger partial charge in [0.05, 0.1) is 0 Å². The molecule has 0 saturated carbocycles. The maximum absolute atomic E-state index is 9.76. The fourth-order valence-electron chi connectivity index (χ4n) is 0.0781. The summed E-state index contributed by atoms with van der Waals surface area (Å²) in [6.45, 7) is 0. The van der Waals surface area contributed by atoms with Crippen molar-refractivity contribution in [2.24, 2.45) is 5.73 Å². The molecular formula is C3H8CaClNO2S. The van der Waals surface area contributed by atoms with Crippen LogP contribution in [-0.2, 0) is 4.79 Å². The molecule has 0 spiro atoms. The third kappa shape index (κ3) is 9.33. The summed E-state index contributed by atoms with van der Waals surface area (Å²) in [7, 11) is 0. The van der Waals surface area contributed by atoms with Gasteiger partial charge < -0.3 is 10.8 Å². The number of carboxylic acids is 1. The molecular weight excluding hydrogens is 190 g/mol. The molecule has 0 unspecified atom stereocenters. The van der Waals surface area contributed by atoms with Crippen LogP contribution in [0.5, 0.6) is 0 Å². The molecule has 9 heavy (non-hydrogen) atoms. The van der Waals surface area contributed by atoms with Crippen LogP contribution in [0.1, 0.15) is 0 Å². The van der Waals surface area contributed by atoms with Crippen molar-refractivity contribution in [2.75, 3.05) is 5.75 Å². The number of nitrogens with two attached hydrogens (primary N) is 1. The van der Waals surface area contributed by atoms with Crippen molar-refractivity contribution in [1.82, 2.24) is 0 Å². The molecule has 0 aromatic carbocycles. The largest absolute Gasteiger partial charge is 0.480 e. The third-order valence-corrected chi connectivity index (χ3v) is 0.907. The maximum Gasteiger partial charge on any atom is 0.321 e. The summed E-state index contributed by atoms with van der Waals surface area (Å²) in [4.78, 5) is 9.76. The third-order valence-electron chi connectivity index (χ3n) is 0.514. The van der Waals surface area contributed by atoms with Gasteiger partial charge in [0.15, 0.2) is 0 Å². The van der Waals surface area contributed by atoms with E-state index in [1.165, 1.54) is 0 Å². The van der Waals surface area contributed by atoms with E-state index in [1.807, 2.05) is 0 Å². The van der Waals surface area contributed by atoms with Crippen LogP contribution in [0.4, 0.5) is 0 Å². The van der Waals surface area contributed by atoms with Gasteiger partial charge in [0.2, 0.25) is 0 Å². The molecule has 3 N–H and O–H groups in total. The molecule has 0 aromatic heterocycles. The Morgan fingerprint density at radius 2 is 2.11 bits per heavy atom. The number of aliphatic carboxylic acids is 1. The van der Waals surface area contributed by atoms with E-state index < -0.39 is 12.0 Å². The van der Waals surface area contributed by atoms with Gasteiger partial charge in [-0.2, -0.15) is 12.6 Å². The van der Waals surface area contributed by atoms with E-state index in [9.17, 15) is 4.79 Å². The summed E-state index contributed by atoms with van der Waals surface area (Å²) in [5, 5.41) is 8.01. The minimum absolute atomic E-state index is 0. The van der Waals surface area contributed by atoms with Crippen molar-refractivity contribution in [3.8, 4) is 0 Å². The van der Waals surface area contributed by atoms with Crippen LogP contribution in [-0.4, -0.2) is 60.6 Å². The molecule has 6 heteroatoms. The number of thiol groups is 1. The van der Waals surface area contributed by atoms with Gasteiger partial charge in [-0.1, -0.05) is 0 Å². The number of hydrogen-bond donors (Lipinski definition) is 3. The van der Waals surface area contributed by atoms with Crippen LogP contribution >= 0.6 is 25.0 Å². The van der Waals surface area contributed by atoms with Crippen LogP contribution in [0.15, 0.2) is 0 Å². The zero-order valence-corrected chi connectivity index (χ0v) is 8.70. The summed E-state index contributed by atoms with van der Waals surface area (Å²) in [6.07, 6.45) is 0. The van der Waals surface area contributed by atoms with Gasteiger partial charge in [0, 0.05) is 43.5 Å². The fraction of sp³-hybridized carbons (Fsp3) is 0.667. The van der Waals surface area contributed by atoms with Crippen molar-refractivity contribution in [3.05, 3.63) is 0 Å². The first-order valence-electron chi connectivity index (χ1n) is 1.77. The van der Waals surface area contributed by atoms with Crippen LogP contribution in [0.25, 0.3) is 0 Å². The number of rotatable bonds is 2. The van der Waals surface area contributed by atoms with Gasteiger partial charge in [0.1, 0.15) is 6.04 Å². The van der Waals surface area contributed by atoms with Gasteiger partial charge >= 0.3 is 5.97 Å². The van der Waals surface area contributed by atoms with Crippen molar-refractivity contribution in [3.63, 3.8) is 0 Å². The number of carbonyl (C=O) groups is 1. The summed E-state index contributed by atoms with van der Waals surface area (Å²) >= 11 is 3.65. The molecule has 0 heterocycles. The zero-order chi connectivity index (χ0) is 5.86. The first-order valence-corrected chi connectivity index (χ1v) is 2.41. The molecule has 0 aliphatic carbocycles. The second kappa shape index (κ2) is 9.33. The van der Waals surface area contributed by atoms with Gasteiger partial charge in [0.25, 0.3) is 0 Å². The molecule has 0 saturated heterocycles. The molecule has 0 amide bonds. The Morgan fingerprint density at radius 1 is 1.78 bits per heavy atom. The molecule has 2 radical (unpaired) electrons. The van der Waals surface area contributed by atoms with E-state index in [1.54, 1.807) is 0 Å². The second-order valence-electron chi connectivity index (χ2n) is 1.13. The molecule has 0 aliphatic heterocycles. The topological polar surface area (TPSA) is 63.3 Å². The molecule has 0 bridgehead atoms. The molecule has 0 aliphatic rings. The molecule has 3 nitrogen and oxygen atoms in total. The van der Waals surface area contributed by atoms with E-state index in [-0.39, 0.29) is 55.9 Å². The Labute approximate surface area is 95.2 Å². The van der Waals surface area contributed by atoms with Crippen molar-refractivity contribution in [2.45, 2.75) is 6.04 Å². The molecule has 52 valence electrons. The Hall–Kier alpha value is 1.33. The summed E-state index contributed by atoms with van der Waals surface area (Å²) in [5.74, 6) is -0.815. The second-order valence-corrected chi connectivity index (χ2v) is 1.49. The monoisotopic (exact) mass is 197 g/mol. The van der Waals surface area contributed by atoms with Crippen molar-refractivity contribution in [1.29, 1.82) is 0 Å². The van der Waals surface area contributed by atoms with Gasteiger partial charge in [-0.05, 0) is 0 Å². The number of carboxylic acid groups (broad SMARTS) is 1. The first-order chi connectivity index (χ1) is 3.18. The average Bonchev–Trinajstić information content (AvgIpc) is 1.65. The minimum Gasteiger partial charge on any atom is -0.480 e. The van der Waals surface area contributed by atoms with Gasteiger partial charge in [-0.25, -0.2) is 0 Å². The minimum atomic E-state index is -1.00. The Balaban J connectivity index is -0.000000180. The SMILES string of the molecule is Cl.N[C@@H](CS)C(=O)O.[Ca]. The van der Waals surface area contributed by atoms with Crippen LogP contribution in [0.2, 0.25) is 0 Å². The Bertz CT molecular complexity index is 84.2. The molecule has 0 rings (SSSR count). The maximum atomic E-state index is 9.76. The normalized spacial score (nSPS) is 10.4. The van der Waals surface area contributed by atoms with E-state index in [0.717, 1.165) is 0 Å². The van der Waals surface area contributed by atoms with Crippen LogP contribution < -0.4 is 5.73 Å². The van der Waals surface area contributed by atoms with E-state index in [4.69, 9.17) is 10.8 Å². The van der Waals surface area contributed by atoms with Crippen LogP contribution in [0, 0.1) is 0 Å². The van der Waals surface area contributed by atoms with Crippen molar-refractivity contribution >= 4 is 68.7 Å². The predicted molar refractivity (Wildman–Crippen MR) is 42.5 cm³/mol. The summed E-state index contributed by atoms with van der Waals surface area (Å²) in [6, 6.07) is -0.816. The van der Waals surface area contributed by atoms with E-state index in [0.29, 0.717) is 0 Å². The van der Waals surface area contributed by atoms with E-state index >= 15 is 0 Å². The summed E-state index contributed by atoms with van der Waals surface area (Å²) in [5.41, 5.74) is 4.94. The van der Waals surface area contributed by atoms with Gasteiger partial charge in [-0.3, -0.25) is 4.79 Å². The van der Waals surface area contributed by atoms with Crippen molar-refractivity contribution < 1.29 is 9.90 Å². The first kappa shape index (κ1) is 16.7. The smallest absolute Gasteiger partial charge is 0.321 e. The molecule has 1 atom stereocenters. The Morgan fingerprint density at radius 3 is 2.11 bits per heavy atom. The van der Waals surface area contributed by atoms with E-state index in [2.05, 4.69) is 12.6 Å². The van der Waals surface area contributed by atoms with Crippen LogP contribution in [0.3, 0.4) is 0 Å². The predicted octanol–water partition coefficient (Wildman–Crippen LogP) is -0.631. The zero-order valence-electron chi connectivity index (χ0n) is 4.78.